The average molecular weight is 356 g/mol. The van der Waals surface area contributed by atoms with Crippen LogP contribution in [-0.2, 0) is 6.61 Å². The lowest BCUT2D eigenvalue weighted by Gasteiger charge is -2.09. The van der Waals surface area contributed by atoms with Crippen molar-refractivity contribution in [3.8, 4) is 5.75 Å². The first-order chi connectivity index (χ1) is 9.51. The third kappa shape index (κ3) is 3.36. The minimum absolute atomic E-state index is 0.314. The van der Waals surface area contributed by atoms with E-state index < -0.39 is 5.91 Å². The summed E-state index contributed by atoms with van der Waals surface area (Å²) in [5, 5.41) is 2.11. The Bertz CT molecular complexity index is 619. The highest BCUT2D eigenvalue weighted by Gasteiger charge is 2.10. The van der Waals surface area contributed by atoms with E-state index in [2.05, 4.69) is 26.3 Å². The molecular weight excluding hydrogens is 342 g/mol. The predicted octanol–water partition coefficient (Wildman–Crippen LogP) is 2.70. The van der Waals surface area contributed by atoms with Gasteiger partial charge in [0.25, 0.3) is 5.91 Å². The molecule has 0 fully saturated rings. The summed E-state index contributed by atoms with van der Waals surface area (Å²) in [5.41, 5.74) is 4.98. The summed E-state index contributed by atoms with van der Waals surface area (Å²) < 4.78 is 6.78. The van der Waals surface area contributed by atoms with Gasteiger partial charge < -0.3 is 4.74 Å². The smallest absolute Gasteiger partial charge is 0.294 e. The van der Waals surface area contributed by atoms with Crippen molar-refractivity contribution in [3.05, 3.63) is 43.8 Å². The van der Waals surface area contributed by atoms with Crippen LogP contribution in [0.2, 0.25) is 0 Å². The number of hydrogen-bond donors (Lipinski definition) is 2. The van der Waals surface area contributed by atoms with Gasteiger partial charge in [-0.1, -0.05) is 15.9 Å². The Balaban J connectivity index is 2.05. The highest BCUT2D eigenvalue weighted by Crippen LogP contribution is 2.26. The fourth-order valence-corrected chi connectivity index (χ4v) is 2.62. The molecule has 1 aromatic heterocycles. The second-order valence-electron chi connectivity index (χ2n) is 4.28. The highest BCUT2D eigenvalue weighted by atomic mass is 79.9. The van der Waals surface area contributed by atoms with E-state index in [0.29, 0.717) is 17.3 Å². The Morgan fingerprint density at radius 2 is 2.10 bits per heavy atom. The van der Waals surface area contributed by atoms with Crippen LogP contribution < -0.4 is 16.0 Å². The Morgan fingerprint density at radius 1 is 1.45 bits per heavy atom. The van der Waals surface area contributed by atoms with E-state index in [1.807, 2.05) is 26.0 Å². The van der Waals surface area contributed by atoms with Gasteiger partial charge in [-0.2, -0.15) is 0 Å². The maximum absolute atomic E-state index is 11.3. The number of hydrogen-bond acceptors (Lipinski definition) is 5. The molecule has 0 aliphatic rings. The summed E-state index contributed by atoms with van der Waals surface area (Å²) >= 11 is 4.75. The van der Waals surface area contributed by atoms with Crippen LogP contribution in [0.1, 0.15) is 26.6 Å². The summed E-state index contributed by atoms with van der Waals surface area (Å²) in [5.74, 6) is 5.44. The molecule has 20 heavy (non-hydrogen) atoms. The van der Waals surface area contributed by atoms with Crippen molar-refractivity contribution in [2.75, 3.05) is 0 Å². The molecular formula is C13H14BrN3O2S. The number of aromatic nitrogens is 1. The SMILES string of the molecule is Cc1cc(OCc2csc(C(=O)NN)n2)cc(C)c1Br. The largest absolute Gasteiger partial charge is 0.487 e. The number of amides is 1. The molecule has 0 aliphatic heterocycles. The number of carbonyl (C=O) groups is 1. The van der Waals surface area contributed by atoms with E-state index in [1.165, 1.54) is 11.3 Å². The van der Waals surface area contributed by atoms with Crippen LogP contribution in [0.25, 0.3) is 0 Å². The number of nitrogens with one attached hydrogen (secondary N) is 1. The van der Waals surface area contributed by atoms with Gasteiger partial charge in [-0.3, -0.25) is 10.2 Å². The van der Waals surface area contributed by atoms with Crippen LogP contribution in [0.15, 0.2) is 22.0 Å². The zero-order valence-corrected chi connectivity index (χ0v) is 13.5. The molecule has 1 heterocycles. The van der Waals surface area contributed by atoms with Gasteiger partial charge >= 0.3 is 0 Å². The third-order valence-corrected chi connectivity index (χ3v) is 4.81. The van der Waals surface area contributed by atoms with Gasteiger partial charge in [0.05, 0.1) is 5.69 Å². The molecule has 106 valence electrons. The topological polar surface area (TPSA) is 77.2 Å². The number of carbonyl (C=O) groups excluding carboxylic acids is 1. The molecule has 2 aromatic rings. The van der Waals surface area contributed by atoms with Gasteiger partial charge in [0.1, 0.15) is 12.4 Å². The Morgan fingerprint density at radius 3 is 2.70 bits per heavy atom. The van der Waals surface area contributed by atoms with E-state index in [0.717, 1.165) is 21.3 Å². The van der Waals surface area contributed by atoms with Crippen LogP contribution in [-0.4, -0.2) is 10.9 Å². The van der Waals surface area contributed by atoms with Crippen molar-refractivity contribution >= 4 is 33.2 Å². The second kappa shape index (κ2) is 6.34. The fourth-order valence-electron chi connectivity index (χ4n) is 1.69. The predicted molar refractivity (Wildman–Crippen MR) is 81.7 cm³/mol. The van der Waals surface area contributed by atoms with Crippen LogP contribution in [0.3, 0.4) is 0 Å². The first kappa shape index (κ1) is 15.0. The van der Waals surface area contributed by atoms with Crippen molar-refractivity contribution in [1.82, 2.24) is 10.4 Å². The van der Waals surface area contributed by atoms with Gasteiger partial charge in [0, 0.05) is 9.85 Å². The second-order valence-corrected chi connectivity index (χ2v) is 5.93. The van der Waals surface area contributed by atoms with Gasteiger partial charge in [0.15, 0.2) is 5.01 Å². The number of nitrogen functional groups attached to an aromatic ring is 1. The Hall–Kier alpha value is -1.44. The van der Waals surface area contributed by atoms with Gasteiger partial charge in [-0.15, -0.1) is 11.3 Å². The summed E-state index contributed by atoms with van der Waals surface area (Å²) in [6.45, 7) is 4.34. The number of ether oxygens (including phenoxy) is 1. The molecule has 0 radical (unpaired) electrons. The van der Waals surface area contributed by atoms with Crippen molar-refractivity contribution in [2.24, 2.45) is 5.84 Å². The summed E-state index contributed by atoms with van der Waals surface area (Å²) in [7, 11) is 0. The molecule has 0 atom stereocenters. The zero-order chi connectivity index (χ0) is 14.7. The van der Waals surface area contributed by atoms with Crippen LogP contribution in [0.5, 0.6) is 5.75 Å². The van der Waals surface area contributed by atoms with Crippen molar-refractivity contribution in [2.45, 2.75) is 20.5 Å². The summed E-state index contributed by atoms with van der Waals surface area (Å²) in [4.78, 5) is 15.4. The molecule has 7 heteroatoms. The molecule has 0 saturated carbocycles. The van der Waals surface area contributed by atoms with Crippen molar-refractivity contribution in [3.63, 3.8) is 0 Å². The number of aryl methyl sites for hydroxylation is 2. The highest BCUT2D eigenvalue weighted by molar-refractivity contribution is 9.10. The minimum atomic E-state index is -0.392. The van der Waals surface area contributed by atoms with E-state index >= 15 is 0 Å². The number of nitrogens with two attached hydrogens (primary N) is 1. The van der Waals surface area contributed by atoms with Crippen molar-refractivity contribution < 1.29 is 9.53 Å². The molecule has 2 rings (SSSR count). The molecule has 0 bridgehead atoms. The summed E-state index contributed by atoms with van der Waals surface area (Å²) in [6.07, 6.45) is 0. The van der Waals surface area contributed by atoms with Gasteiger partial charge in [0.2, 0.25) is 0 Å². The first-order valence-electron chi connectivity index (χ1n) is 5.86. The lowest BCUT2D eigenvalue weighted by Crippen LogP contribution is -2.29. The van der Waals surface area contributed by atoms with Crippen LogP contribution in [0, 0.1) is 13.8 Å². The Labute approximate surface area is 129 Å². The van der Waals surface area contributed by atoms with Crippen molar-refractivity contribution in [1.29, 1.82) is 0 Å². The van der Waals surface area contributed by atoms with E-state index in [4.69, 9.17) is 10.6 Å². The number of thiazole rings is 1. The Kier molecular flexibility index (Phi) is 4.74. The molecule has 3 N–H and O–H groups in total. The maximum Gasteiger partial charge on any atom is 0.294 e. The van der Waals surface area contributed by atoms with Gasteiger partial charge in [-0.05, 0) is 37.1 Å². The molecule has 1 amide bonds. The van der Waals surface area contributed by atoms with Gasteiger partial charge in [-0.25, -0.2) is 10.8 Å². The molecule has 0 unspecified atom stereocenters. The molecule has 0 spiro atoms. The third-order valence-electron chi connectivity index (χ3n) is 2.67. The minimum Gasteiger partial charge on any atom is -0.487 e. The molecule has 5 nitrogen and oxygen atoms in total. The lowest BCUT2D eigenvalue weighted by molar-refractivity contribution is 0.0953. The molecule has 0 saturated heterocycles. The first-order valence-corrected chi connectivity index (χ1v) is 7.53. The number of hydrazine groups is 1. The average Bonchev–Trinajstić information content (AvgIpc) is 2.90. The quantitative estimate of drug-likeness (QED) is 0.502. The molecule has 1 aromatic carbocycles. The monoisotopic (exact) mass is 355 g/mol. The summed E-state index contributed by atoms with van der Waals surface area (Å²) in [6, 6.07) is 3.91. The number of halogens is 1. The van der Waals surface area contributed by atoms with E-state index in [9.17, 15) is 4.79 Å². The molecule has 0 aliphatic carbocycles. The standard InChI is InChI=1S/C13H14BrN3O2S/c1-7-3-10(4-8(2)11(7)14)19-5-9-6-20-13(16-9)12(18)17-15/h3-4,6H,5,15H2,1-2H3,(H,17,18). The number of benzene rings is 1. The van der Waals surface area contributed by atoms with E-state index in [-0.39, 0.29) is 0 Å². The number of rotatable bonds is 4. The maximum atomic E-state index is 11.3. The van der Waals surface area contributed by atoms with E-state index in [1.54, 1.807) is 5.38 Å². The number of nitrogens with zero attached hydrogens (tertiary/aromatic N) is 1. The lowest BCUT2D eigenvalue weighted by atomic mass is 10.1. The van der Waals surface area contributed by atoms with Crippen LogP contribution in [0.4, 0.5) is 0 Å². The zero-order valence-electron chi connectivity index (χ0n) is 11.1. The van der Waals surface area contributed by atoms with Crippen LogP contribution >= 0.6 is 27.3 Å². The fraction of sp³-hybridized carbons (Fsp3) is 0.231. The normalized spacial score (nSPS) is 10.4.